The van der Waals surface area contributed by atoms with Gasteiger partial charge in [-0.2, -0.15) is 0 Å². The zero-order chi connectivity index (χ0) is 14.1. The molecule has 0 heterocycles. The van der Waals surface area contributed by atoms with E-state index < -0.39 is 0 Å². The monoisotopic (exact) mass is 265 g/mol. The van der Waals surface area contributed by atoms with Crippen LogP contribution in [0.2, 0.25) is 0 Å². The molecule has 1 rings (SSSR count). The molecule has 1 unspecified atom stereocenters. The molecule has 0 spiro atoms. The largest absolute Gasteiger partial charge is 0.310 e. The van der Waals surface area contributed by atoms with Crippen LogP contribution in [0.5, 0.6) is 0 Å². The van der Waals surface area contributed by atoms with Gasteiger partial charge in [-0.05, 0) is 51.5 Å². The van der Waals surface area contributed by atoms with Gasteiger partial charge in [0.25, 0.3) is 0 Å². The summed E-state index contributed by atoms with van der Waals surface area (Å²) in [6, 6.07) is 0.622. The van der Waals surface area contributed by atoms with Crippen LogP contribution in [-0.2, 0) is 0 Å². The summed E-state index contributed by atoms with van der Waals surface area (Å²) < 4.78 is 0. The molecule has 0 amide bonds. The van der Waals surface area contributed by atoms with E-state index in [0.29, 0.717) is 6.04 Å². The fourth-order valence-electron chi connectivity index (χ4n) is 3.36. The zero-order valence-electron chi connectivity index (χ0n) is 13.7. The van der Waals surface area contributed by atoms with Crippen LogP contribution < -0.4 is 5.32 Å². The van der Waals surface area contributed by atoms with Crippen LogP contribution >= 0.6 is 0 Å². The van der Waals surface area contributed by atoms with Gasteiger partial charge in [0, 0.05) is 6.04 Å². The first kappa shape index (κ1) is 16.8. The Morgan fingerprint density at radius 1 is 1.11 bits per heavy atom. The maximum absolute atomic E-state index is 3.75. The third-order valence-corrected chi connectivity index (χ3v) is 4.51. The molecule has 112 valence electrons. The summed E-state index contributed by atoms with van der Waals surface area (Å²) >= 11 is 0. The van der Waals surface area contributed by atoms with Gasteiger partial charge < -0.3 is 5.32 Å². The highest BCUT2D eigenvalue weighted by Gasteiger charge is 2.25. The molecule has 0 radical (unpaired) electrons. The molecule has 1 N–H and O–H groups in total. The molecule has 0 aliphatic heterocycles. The Kier molecular flexibility index (Phi) is 8.45. The van der Waals surface area contributed by atoms with E-state index in [2.05, 4.69) is 39.1 Å². The average Bonchev–Trinajstić information content (AvgIpc) is 2.41. The lowest BCUT2D eigenvalue weighted by Crippen LogP contribution is -2.37. The molecule has 0 bridgehead atoms. The van der Waals surface area contributed by atoms with Gasteiger partial charge in [0.15, 0.2) is 0 Å². The van der Waals surface area contributed by atoms with E-state index in [1.54, 1.807) is 0 Å². The van der Waals surface area contributed by atoms with Crippen molar-refractivity contribution in [1.29, 1.82) is 0 Å². The van der Waals surface area contributed by atoms with Gasteiger partial charge in [-0.1, -0.05) is 57.6 Å². The summed E-state index contributed by atoms with van der Waals surface area (Å²) in [5.74, 6) is 1.90. The minimum absolute atomic E-state index is 0.622. The molecule has 0 aromatic carbocycles. The summed E-state index contributed by atoms with van der Waals surface area (Å²) in [5, 5.41) is 3.75. The second-order valence-corrected chi connectivity index (χ2v) is 6.65. The Balaban J connectivity index is 2.42. The Hall–Kier alpha value is -0.300. The van der Waals surface area contributed by atoms with Crippen molar-refractivity contribution in [3.05, 3.63) is 11.6 Å². The zero-order valence-corrected chi connectivity index (χ0v) is 13.7. The SMILES string of the molecule is CCCCC1CCC(C(C=C(C)C)NCCC)CC1. The van der Waals surface area contributed by atoms with E-state index in [1.807, 2.05) is 0 Å². The Labute approximate surface area is 121 Å². The van der Waals surface area contributed by atoms with Crippen molar-refractivity contribution in [2.24, 2.45) is 11.8 Å². The van der Waals surface area contributed by atoms with E-state index in [-0.39, 0.29) is 0 Å². The van der Waals surface area contributed by atoms with Gasteiger partial charge in [0.05, 0.1) is 0 Å². The molecule has 1 saturated carbocycles. The summed E-state index contributed by atoms with van der Waals surface area (Å²) in [6.45, 7) is 10.2. The van der Waals surface area contributed by atoms with Crippen LogP contribution in [0.25, 0.3) is 0 Å². The van der Waals surface area contributed by atoms with Gasteiger partial charge in [-0.25, -0.2) is 0 Å². The van der Waals surface area contributed by atoms with Crippen LogP contribution in [0.3, 0.4) is 0 Å². The minimum atomic E-state index is 0.622. The molecule has 19 heavy (non-hydrogen) atoms. The number of unbranched alkanes of at least 4 members (excludes halogenated alkanes) is 1. The number of rotatable bonds is 8. The van der Waals surface area contributed by atoms with Crippen LogP contribution in [0.15, 0.2) is 11.6 Å². The standard InChI is InChI=1S/C18H35N/c1-5-7-8-16-9-11-17(12-10-16)18(14-15(3)4)19-13-6-2/h14,16-19H,5-13H2,1-4H3. The minimum Gasteiger partial charge on any atom is -0.310 e. The third kappa shape index (κ3) is 6.61. The first-order valence-electron chi connectivity index (χ1n) is 8.55. The Morgan fingerprint density at radius 2 is 1.79 bits per heavy atom. The molecule has 0 aromatic rings. The third-order valence-electron chi connectivity index (χ3n) is 4.51. The van der Waals surface area contributed by atoms with Crippen LogP contribution in [0, 0.1) is 11.8 Å². The molecule has 1 aliphatic carbocycles. The highest BCUT2D eigenvalue weighted by Crippen LogP contribution is 2.34. The molecular weight excluding hydrogens is 230 g/mol. The lowest BCUT2D eigenvalue weighted by Gasteiger charge is -2.33. The van der Waals surface area contributed by atoms with Crippen molar-refractivity contribution >= 4 is 0 Å². The van der Waals surface area contributed by atoms with E-state index in [0.717, 1.165) is 18.4 Å². The fraction of sp³-hybridized carbons (Fsp3) is 0.889. The highest BCUT2D eigenvalue weighted by atomic mass is 14.9. The average molecular weight is 265 g/mol. The van der Waals surface area contributed by atoms with Crippen molar-refractivity contribution in [2.45, 2.75) is 85.1 Å². The van der Waals surface area contributed by atoms with Gasteiger partial charge in [-0.15, -0.1) is 0 Å². The summed E-state index contributed by atoms with van der Waals surface area (Å²) in [5.41, 5.74) is 1.46. The Morgan fingerprint density at radius 3 is 2.32 bits per heavy atom. The second-order valence-electron chi connectivity index (χ2n) is 6.65. The first-order valence-corrected chi connectivity index (χ1v) is 8.55. The number of hydrogen-bond donors (Lipinski definition) is 1. The van der Waals surface area contributed by atoms with E-state index >= 15 is 0 Å². The van der Waals surface area contributed by atoms with Crippen molar-refractivity contribution in [3.8, 4) is 0 Å². The van der Waals surface area contributed by atoms with E-state index in [9.17, 15) is 0 Å². The summed E-state index contributed by atoms with van der Waals surface area (Å²) in [6.07, 6.45) is 13.7. The highest BCUT2D eigenvalue weighted by molar-refractivity contribution is 5.04. The molecule has 1 fully saturated rings. The fourth-order valence-corrected chi connectivity index (χ4v) is 3.36. The van der Waals surface area contributed by atoms with Crippen molar-refractivity contribution in [3.63, 3.8) is 0 Å². The predicted octanol–water partition coefficient (Wildman–Crippen LogP) is 5.32. The van der Waals surface area contributed by atoms with Crippen LogP contribution in [0.1, 0.15) is 79.1 Å². The van der Waals surface area contributed by atoms with E-state index in [4.69, 9.17) is 0 Å². The lowest BCUT2D eigenvalue weighted by atomic mass is 9.76. The van der Waals surface area contributed by atoms with Gasteiger partial charge >= 0.3 is 0 Å². The molecule has 1 aliphatic rings. The lowest BCUT2D eigenvalue weighted by molar-refractivity contribution is 0.230. The van der Waals surface area contributed by atoms with Crippen LogP contribution in [-0.4, -0.2) is 12.6 Å². The first-order chi connectivity index (χ1) is 9.17. The van der Waals surface area contributed by atoms with Crippen molar-refractivity contribution in [2.75, 3.05) is 6.54 Å². The van der Waals surface area contributed by atoms with Gasteiger partial charge in [-0.3, -0.25) is 0 Å². The molecule has 1 nitrogen and oxygen atoms in total. The molecule has 1 heteroatoms. The maximum Gasteiger partial charge on any atom is 0.0280 e. The number of nitrogens with one attached hydrogen (secondary N) is 1. The number of allylic oxidation sites excluding steroid dienone is 1. The second kappa shape index (κ2) is 9.58. The topological polar surface area (TPSA) is 12.0 Å². The normalized spacial score (nSPS) is 25.1. The summed E-state index contributed by atoms with van der Waals surface area (Å²) in [4.78, 5) is 0. The molecular formula is C18H35N. The quantitative estimate of drug-likeness (QED) is 0.586. The summed E-state index contributed by atoms with van der Waals surface area (Å²) in [7, 11) is 0. The molecule has 0 saturated heterocycles. The van der Waals surface area contributed by atoms with Gasteiger partial charge in [0.2, 0.25) is 0 Å². The van der Waals surface area contributed by atoms with Crippen molar-refractivity contribution in [1.82, 2.24) is 5.32 Å². The smallest absolute Gasteiger partial charge is 0.0280 e. The van der Waals surface area contributed by atoms with Gasteiger partial charge in [0.1, 0.15) is 0 Å². The molecule has 0 aromatic heterocycles. The maximum atomic E-state index is 3.75. The van der Waals surface area contributed by atoms with Crippen molar-refractivity contribution < 1.29 is 0 Å². The predicted molar refractivity (Wildman–Crippen MR) is 86.5 cm³/mol. The van der Waals surface area contributed by atoms with E-state index in [1.165, 1.54) is 56.9 Å². The molecule has 1 atom stereocenters. The Bertz CT molecular complexity index is 244. The van der Waals surface area contributed by atoms with Crippen LogP contribution in [0.4, 0.5) is 0 Å². The number of hydrogen-bond acceptors (Lipinski definition) is 1.